The summed E-state index contributed by atoms with van der Waals surface area (Å²) in [4.78, 5) is 37.1. The highest BCUT2D eigenvalue weighted by Gasteiger charge is 2.26. The molecule has 0 amide bonds. The number of esters is 2. The second-order valence-corrected chi connectivity index (χ2v) is 17.0. The molecule has 1 N–H and O–H groups in total. The van der Waals surface area contributed by atoms with E-state index in [0.717, 1.165) is 89.9 Å². The third-order valence-electron chi connectivity index (χ3n) is 9.50. The SMILES string of the molecule is CC/C=C\C/C=C\C/C=C\C/C=C\CCCCCCC(=O)OC(COC(=O)CCCCCCCCCCC/C=C\C/C=C\CCCCC)COP(=O)(O)OCCN(C)C. The van der Waals surface area contributed by atoms with E-state index in [9.17, 15) is 19.0 Å². The Bertz CT molecular complexity index is 1210. The molecule has 0 saturated carbocycles. The number of likely N-dealkylation sites (N-methyl/N-ethyl adjacent to an activating group) is 1. The van der Waals surface area contributed by atoms with Gasteiger partial charge < -0.3 is 19.3 Å². The van der Waals surface area contributed by atoms with E-state index in [1.54, 1.807) is 0 Å². The quantitative estimate of drug-likeness (QED) is 0.0278. The predicted molar refractivity (Wildman–Crippen MR) is 247 cm³/mol. The summed E-state index contributed by atoms with van der Waals surface area (Å²) in [5, 5.41) is 0. The number of hydrogen-bond donors (Lipinski definition) is 1. The van der Waals surface area contributed by atoms with Crippen LogP contribution >= 0.6 is 7.82 Å². The largest absolute Gasteiger partial charge is 0.472 e. The van der Waals surface area contributed by atoms with E-state index in [-0.39, 0.29) is 32.0 Å². The molecule has 2 atom stereocenters. The fraction of sp³-hybridized carbons (Fsp3) is 0.714. The van der Waals surface area contributed by atoms with Crippen molar-refractivity contribution in [3.8, 4) is 0 Å². The molecule has 340 valence electrons. The molecule has 0 rings (SSSR count). The van der Waals surface area contributed by atoms with Crippen LogP contribution in [0.3, 0.4) is 0 Å². The van der Waals surface area contributed by atoms with Gasteiger partial charge in [-0.3, -0.25) is 18.6 Å². The molecule has 0 fully saturated rings. The van der Waals surface area contributed by atoms with Crippen molar-refractivity contribution in [3.05, 3.63) is 72.9 Å². The number of rotatable bonds is 42. The molecule has 0 aromatic heterocycles. The fourth-order valence-corrected chi connectivity index (χ4v) is 6.68. The van der Waals surface area contributed by atoms with Crippen molar-refractivity contribution in [1.82, 2.24) is 4.90 Å². The highest BCUT2D eigenvalue weighted by molar-refractivity contribution is 7.47. The summed E-state index contributed by atoms with van der Waals surface area (Å²) in [5.74, 6) is -0.839. The predicted octanol–water partition coefficient (Wildman–Crippen LogP) is 13.7. The Morgan fingerprint density at radius 3 is 1.44 bits per heavy atom. The van der Waals surface area contributed by atoms with Gasteiger partial charge in [-0.2, -0.15) is 0 Å². The van der Waals surface area contributed by atoms with E-state index in [1.807, 2.05) is 19.0 Å². The van der Waals surface area contributed by atoms with Gasteiger partial charge in [0.05, 0.1) is 13.2 Å². The molecule has 2 unspecified atom stereocenters. The number of ether oxygens (including phenoxy) is 2. The third-order valence-corrected chi connectivity index (χ3v) is 10.5. The van der Waals surface area contributed by atoms with Crippen molar-refractivity contribution >= 4 is 19.8 Å². The van der Waals surface area contributed by atoms with Crippen molar-refractivity contribution < 1.29 is 37.6 Å². The lowest BCUT2D eigenvalue weighted by Gasteiger charge is -2.20. The minimum absolute atomic E-state index is 0.00191. The number of carbonyl (C=O) groups is 2. The van der Waals surface area contributed by atoms with Crippen molar-refractivity contribution in [2.75, 3.05) is 40.5 Å². The second kappa shape index (κ2) is 43.5. The average molecular weight is 848 g/mol. The molecule has 9 nitrogen and oxygen atoms in total. The Balaban J connectivity index is 4.30. The number of carbonyl (C=O) groups excluding carboxylic acids is 2. The number of phosphoric ester groups is 1. The van der Waals surface area contributed by atoms with Crippen LogP contribution in [0.1, 0.15) is 181 Å². The zero-order valence-corrected chi connectivity index (χ0v) is 38.8. The third kappa shape index (κ3) is 44.8. The molecular weight excluding hydrogens is 762 g/mol. The van der Waals surface area contributed by atoms with Gasteiger partial charge in [0.25, 0.3) is 0 Å². The van der Waals surface area contributed by atoms with Gasteiger partial charge in [-0.05, 0) is 97.6 Å². The summed E-state index contributed by atoms with van der Waals surface area (Å²) in [7, 11) is -0.736. The summed E-state index contributed by atoms with van der Waals surface area (Å²) in [6.45, 7) is 4.15. The van der Waals surface area contributed by atoms with Gasteiger partial charge in [-0.25, -0.2) is 4.57 Å². The number of phosphoric acid groups is 1. The first-order valence-corrected chi connectivity index (χ1v) is 24.7. The first-order valence-electron chi connectivity index (χ1n) is 23.2. The highest BCUT2D eigenvalue weighted by Crippen LogP contribution is 2.43. The normalized spacial score (nSPS) is 14.0. The average Bonchev–Trinajstić information content (AvgIpc) is 3.20. The zero-order valence-electron chi connectivity index (χ0n) is 37.9. The lowest BCUT2D eigenvalue weighted by Crippen LogP contribution is -2.29. The number of nitrogens with zero attached hydrogens (tertiary/aromatic N) is 1. The number of unbranched alkanes of at least 4 members (excludes halogenated alkanes) is 16. The monoisotopic (exact) mass is 848 g/mol. The van der Waals surface area contributed by atoms with Crippen molar-refractivity contribution in [1.29, 1.82) is 0 Å². The minimum atomic E-state index is -4.38. The Hall–Kier alpha value is -2.55. The molecular formula is C49H86NO8P. The number of allylic oxidation sites excluding steroid dienone is 12. The Kier molecular flexibility index (Phi) is 41.7. The molecule has 0 aliphatic heterocycles. The van der Waals surface area contributed by atoms with Gasteiger partial charge in [0.15, 0.2) is 6.10 Å². The van der Waals surface area contributed by atoms with E-state index >= 15 is 0 Å². The lowest BCUT2D eigenvalue weighted by atomic mass is 10.1. The van der Waals surface area contributed by atoms with Gasteiger partial charge in [0, 0.05) is 19.4 Å². The van der Waals surface area contributed by atoms with E-state index in [4.69, 9.17) is 18.5 Å². The van der Waals surface area contributed by atoms with Gasteiger partial charge in [-0.1, -0.05) is 157 Å². The summed E-state index contributed by atoms with van der Waals surface area (Å²) >= 11 is 0. The highest BCUT2D eigenvalue weighted by atomic mass is 31.2. The molecule has 0 aromatic rings. The zero-order chi connectivity index (χ0) is 43.3. The van der Waals surface area contributed by atoms with Crippen LogP contribution in [0.2, 0.25) is 0 Å². The van der Waals surface area contributed by atoms with E-state index in [2.05, 4.69) is 86.8 Å². The summed E-state index contributed by atoms with van der Waals surface area (Å²) in [6.07, 6.45) is 52.3. The number of hydrogen-bond acceptors (Lipinski definition) is 8. The Morgan fingerprint density at radius 1 is 0.542 bits per heavy atom. The van der Waals surface area contributed by atoms with Crippen molar-refractivity contribution in [2.24, 2.45) is 0 Å². The van der Waals surface area contributed by atoms with E-state index < -0.39 is 26.5 Å². The smallest absolute Gasteiger partial charge is 0.462 e. The summed E-state index contributed by atoms with van der Waals surface area (Å²) < 4.78 is 33.5. The molecule has 0 saturated heterocycles. The van der Waals surface area contributed by atoms with Crippen LogP contribution in [0.5, 0.6) is 0 Å². The first kappa shape index (κ1) is 56.5. The maximum absolute atomic E-state index is 12.7. The Morgan fingerprint density at radius 2 is 0.966 bits per heavy atom. The van der Waals surface area contributed by atoms with Gasteiger partial charge in [0.2, 0.25) is 0 Å². The van der Waals surface area contributed by atoms with Gasteiger partial charge >= 0.3 is 19.8 Å². The molecule has 10 heteroatoms. The molecule has 0 aromatic carbocycles. The van der Waals surface area contributed by atoms with Crippen LogP contribution < -0.4 is 0 Å². The van der Waals surface area contributed by atoms with Crippen LogP contribution in [0, 0.1) is 0 Å². The van der Waals surface area contributed by atoms with Crippen LogP contribution in [-0.4, -0.2) is 68.3 Å². The molecule has 59 heavy (non-hydrogen) atoms. The fourth-order valence-electron chi connectivity index (χ4n) is 5.94. The standard InChI is InChI=1S/C49H86NO8P/c1-5-7-9-11-13-15-17-19-21-23-24-26-27-29-31-33-35-37-39-41-48(51)55-45-47(46-57-59(53,54)56-44-43-50(3)4)58-49(52)42-40-38-36-34-32-30-28-25-22-20-18-16-14-12-10-8-6-2/h8,10,13-16,19-22,28,30,47H,5-7,9,11-12,17-18,23-27,29,31-46H2,1-4H3,(H,53,54)/b10-8-,15-13-,16-14-,21-19-,22-20-,30-28-. The molecule has 0 radical (unpaired) electrons. The Labute approximate surface area is 361 Å². The topological polar surface area (TPSA) is 112 Å². The summed E-state index contributed by atoms with van der Waals surface area (Å²) in [6, 6.07) is 0. The molecule has 0 heterocycles. The molecule has 0 aliphatic rings. The van der Waals surface area contributed by atoms with E-state index in [0.29, 0.717) is 13.0 Å². The maximum Gasteiger partial charge on any atom is 0.472 e. The van der Waals surface area contributed by atoms with Crippen molar-refractivity contribution in [2.45, 2.75) is 187 Å². The molecule has 0 spiro atoms. The van der Waals surface area contributed by atoms with Crippen LogP contribution in [-0.2, 0) is 32.7 Å². The maximum atomic E-state index is 12.7. The summed E-state index contributed by atoms with van der Waals surface area (Å²) in [5.41, 5.74) is 0. The lowest BCUT2D eigenvalue weighted by molar-refractivity contribution is -0.161. The second-order valence-electron chi connectivity index (χ2n) is 15.5. The minimum Gasteiger partial charge on any atom is -0.462 e. The molecule has 0 bridgehead atoms. The van der Waals surface area contributed by atoms with Crippen LogP contribution in [0.4, 0.5) is 0 Å². The van der Waals surface area contributed by atoms with Gasteiger partial charge in [-0.15, -0.1) is 0 Å². The first-order chi connectivity index (χ1) is 28.7. The van der Waals surface area contributed by atoms with E-state index in [1.165, 1.54) is 57.8 Å². The molecule has 0 aliphatic carbocycles. The van der Waals surface area contributed by atoms with Gasteiger partial charge in [0.1, 0.15) is 6.61 Å². The van der Waals surface area contributed by atoms with Crippen LogP contribution in [0.15, 0.2) is 72.9 Å². The van der Waals surface area contributed by atoms with Crippen LogP contribution in [0.25, 0.3) is 0 Å². The van der Waals surface area contributed by atoms with Crippen molar-refractivity contribution in [3.63, 3.8) is 0 Å².